The molecule has 5 heteroatoms. The van der Waals surface area contributed by atoms with Crippen LogP contribution < -0.4 is 4.90 Å². The van der Waals surface area contributed by atoms with E-state index in [0.29, 0.717) is 18.6 Å². The minimum atomic E-state index is -0.687. The molecule has 0 saturated heterocycles. The molecule has 2 aromatic rings. The third kappa shape index (κ3) is 5.40. The van der Waals surface area contributed by atoms with Crippen molar-refractivity contribution in [3.8, 4) is 0 Å². The van der Waals surface area contributed by atoms with E-state index >= 15 is 0 Å². The van der Waals surface area contributed by atoms with Gasteiger partial charge in [0.05, 0.1) is 19.3 Å². The molecule has 0 N–H and O–H groups in total. The van der Waals surface area contributed by atoms with Crippen molar-refractivity contribution >= 4 is 28.3 Å². The highest BCUT2D eigenvalue weighted by Gasteiger charge is 2.35. The molecule has 2 aliphatic rings. The van der Waals surface area contributed by atoms with E-state index in [0.717, 1.165) is 16.5 Å². The average Bonchev–Trinajstić information content (AvgIpc) is 2.88. The van der Waals surface area contributed by atoms with Gasteiger partial charge in [-0.1, -0.05) is 74.9 Å². The Kier molecular flexibility index (Phi) is 8.02. The molecule has 4 rings (SSSR count). The SMILES string of the molecule is COC(=O)[C@H](C)N(C(=O)CN(C1CCCCC1)C1CCCCC1)c1cccc2ccccc12. The van der Waals surface area contributed by atoms with E-state index in [4.69, 9.17) is 4.74 Å². The van der Waals surface area contributed by atoms with E-state index in [1.165, 1.54) is 71.3 Å². The van der Waals surface area contributed by atoms with Crippen LogP contribution in [0.2, 0.25) is 0 Å². The Labute approximate surface area is 198 Å². The summed E-state index contributed by atoms with van der Waals surface area (Å²) in [4.78, 5) is 30.8. The van der Waals surface area contributed by atoms with Crippen LogP contribution in [0.25, 0.3) is 10.8 Å². The molecule has 0 spiro atoms. The Morgan fingerprint density at radius 2 is 1.45 bits per heavy atom. The summed E-state index contributed by atoms with van der Waals surface area (Å²) >= 11 is 0. The first kappa shape index (κ1) is 23.7. The fourth-order valence-corrected chi connectivity index (χ4v) is 5.87. The molecule has 5 nitrogen and oxygen atoms in total. The zero-order valence-corrected chi connectivity index (χ0v) is 20.2. The predicted octanol–water partition coefficient (Wildman–Crippen LogP) is 5.70. The van der Waals surface area contributed by atoms with E-state index in [9.17, 15) is 9.59 Å². The lowest BCUT2D eigenvalue weighted by atomic mass is 9.88. The highest BCUT2D eigenvalue weighted by Crippen LogP contribution is 2.32. The van der Waals surface area contributed by atoms with E-state index in [2.05, 4.69) is 4.90 Å². The van der Waals surface area contributed by atoms with Crippen LogP contribution >= 0.6 is 0 Å². The molecule has 178 valence electrons. The molecule has 33 heavy (non-hydrogen) atoms. The minimum absolute atomic E-state index is 0.0135. The first-order chi connectivity index (χ1) is 16.1. The van der Waals surface area contributed by atoms with Crippen LogP contribution in [0.15, 0.2) is 42.5 Å². The van der Waals surface area contributed by atoms with Crippen molar-refractivity contribution < 1.29 is 14.3 Å². The molecule has 0 aromatic heterocycles. The lowest BCUT2D eigenvalue weighted by molar-refractivity contribution is -0.143. The van der Waals surface area contributed by atoms with Crippen LogP contribution in [0.5, 0.6) is 0 Å². The number of ether oxygens (including phenoxy) is 1. The molecule has 1 amide bonds. The number of carbonyl (C=O) groups excluding carboxylic acids is 2. The van der Waals surface area contributed by atoms with Crippen LogP contribution in [0.3, 0.4) is 0 Å². The predicted molar refractivity (Wildman–Crippen MR) is 133 cm³/mol. The van der Waals surface area contributed by atoms with E-state index in [1.807, 2.05) is 42.5 Å². The quantitative estimate of drug-likeness (QED) is 0.508. The third-order valence-corrected chi connectivity index (χ3v) is 7.63. The molecule has 2 aliphatic carbocycles. The maximum Gasteiger partial charge on any atom is 0.328 e. The highest BCUT2D eigenvalue weighted by atomic mass is 16.5. The lowest BCUT2D eigenvalue weighted by Gasteiger charge is -2.42. The van der Waals surface area contributed by atoms with E-state index in [-0.39, 0.29) is 5.91 Å². The second kappa shape index (κ2) is 11.1. The molecule has 0 radical (unpaired) electrons. The first-order valence-corrected chi connectivity index (χ1v) is 12.7. The summed E-state index contributed by atoms with van der Waals surface area (Å²) in [7, 11) is 1.39. The Bertz CT molecular complexity index is 924. The number of benzene rings is 2. The zero-order valence-electron chi connectivity index (χ0n) is 20.2. The number of amides is 1. The van der Waals surface area contributed by atoms with Crippen molar-refractivity contribution in [2.75, 3.05) is 18.6 Å². The summed E-state index contributed by atoms with van der Waals surface area (Å²) in [6.07, 6.45) is 12.3. The zero-order chi connectivity index (χ0) is 23.2. The van der Waals surface area contributed by atoms with Crippen molar-refractivity contribution in [1.82, 2.24) is 4.90 Å². The van der Waals surface area contributed by atoms with Gasteiger partial charge in [0.2, 0.25) is 5.91 Å². The standard InChI is InChI=1S/C28H38N2O3/c1-21(28(32)33-2)30(26-19-11-13-22-12-9-10-18-25(22)26)27(31)20-29(23-14-5-3-6-15-23)24-16-7-4-8-17-24/h9-13,18-19,21,23-24H,3-8,14-17,20H2,1-2H3/t21-/m0/s1. The molecule has 2 fully saturated rings. The van der Waals surface area contributed by atoms with Gasteiger partial charge in [-0.15, -0.1) is 0 Å². The molecule has 1 atom stereocenters. The van der Waals surface area contributed by atoms with Crippen molar-refractivity contribution in [3.05, 3.63) is 42.5 Å². The number of nitrogens with zero attached hydrogens (tertiary/aromatic N) is 2. The summed E-state index contributed by atoms with van der Waals surface area (Å²) in [6.45, 7) is 2.14. The molecule has 0 bridgehead atoms. The van der Waals surface area contributed by atoms with Gasteiger partial charge in [0.15, 0.2) is 0 Å². The summed E-state index contributed by atoms with van der Waals surface area (Å²) in [5.41, 5.74) is 0.781. The molecule has 0 aliphatic heterocycles. The van der Waals surface area contributed by atoms with Crippen molar-refractivity contribution in [2.24, 2.45) is 0 Å². The second-order valence-electron chi connectivity index (χ2n) is 9.72. The maximum absolute atomic E-state index is 14.0. The minimum Gasteiger partial charge on any atom is -0.467 e. The van der Waals surface area contributed by atoms with Crippen LogP contribution in [0, 0.1) is 0 Å². The van der Waals surface area contributed by atoms with Crippen LogP contribution in [0.1, 0.15) is 71.1 Å². The number of esters is 1. The normalized spacial score (nSPS) is 18.9. The second-order valence-corrected chi connectivity index (χ2v) is 9.72. The van der Waals surface area contributed by atoms with Gasteiger partial charge < -0.3 is 4.74 Å². The Balaban J connectivity index is 1.67. The fraction of sp³-hybridized carbons (Fsp3) is 0.571. The number of hydrogen-bond donors (Lipinski definition) is 0. The molecule has 0 heterocycles. The van der Waals surface area contributed by atoms with E-state index < -0.39 is 12.0 Å². The number of anilines is 1. The topological polar surface area (TPSA) is 49.9 Å². The maximum atomic E-state index is 14.0. The molecule has 2 saturated carbocycles. The molecular weight excluding hydrogens is 412 g/mol. The van der Waals surface area contributed by atoms with Gasteiger partial charge in [-0.25, -0.2) is 4.79 Å². The molecular formula is C28H38N2O3. The summed E-state index contributed by atoms with van der Waals surface area (Å²) in [6, 6.07) is 14.2. The van der Waals surface area contributed by atoms with Gasteiger partial charge in [-0.2, -0.15) is 0 Å². The van der Waals surface area contributed by atoms with Gasteiger partial charge in [-0.05, 0) is 44.1 Å². The Hall–Kier alpha value is -2.40. The van der Waals surface area contributed by atoms with Gasteiger partial charge in [0, 0.05) is 17.5 Å². The van der Waals surface area contributed by atoms with Crippen LogP contribution in [0.4, 0.5) is 5.69 Å². The smallest absolute Gasteiger partial charge is 0.328 e. The van der Waals surface area contributed by atoms with Gasteiger partial charge in [-0.3, -0.25) is 14.6 Å². The van der Waals surface area contributed by atoms with Gasteiger partial charge in [0.25, 0.3) is 0 Å². The van der Waals surface area contributed by atoms with E-state index in [1.54, 1.807) is 11.8 Å². The number of fused-ring (bicyclic) bond motifs is 1. The Morgan fingerprint density at radius 3 is 2.06 bits per heavy atom. The monoisotopic (exact) mass is 450 g/mol. The third-order valence-electron chi connectivity index (χ3n) is 7.63. The number of hydrogen-bond acceptors (Lipinski definition) is 4. The molecule has 0 unspecified atom stereocenters. The first-order valence-electron chi connectivity index (χ1n) is 12.7. The number of carbonyl (C=O) groups is 2. The number of methoxy groups -OCH3 is 1. The number of rotatable bonds is 7. The summed E-state index contributed by atoms with van der Waals surface area (Å²) in [5, 5.41) is 2.03. The van der Waals surface area contributed by atoms with Crippen molar-refractivity contribution in [1.29, 1.82) is 0 Å². The lowest BCUT2D eigenvalue weighted by Crippen LogP contribution is -2.53. The Morgan fingerprint density at radius 1 is 0.879 bits per heavy atom. The summed E-state index contributed by atoms with van der Waals surface area (Å²) < 4.78 is 5.07. The van der Waals surface area contributed by atoms with Gasteiger partial charge in [0.1, 0.15) is 6.04 Å². The molecule has 2 aromatic carbocycles. The van der Waals surface area contributed by atoms with Crippen molar-refractivity contribution in [2.45, 2.75) is 89.3 Å². The van der Waals surface area contributed by atoms with Gasteiger partial charge >= 0.3 is 5.97 Å². The van der Waals surface area contributed by atoms with Crippen LogP contribution in [-0.4, -0.2) is 48.6 Å². The van der Waals surface area contributed by atoms with Crippen LogP contribution in [-0.2, 0) is 14.3 Å². The average molecular weight is 451 g/mol. The summed E-state index contributed by atoms with van der Waals surface area (Å²) in [5.74, 6) is -0.404. The fourth-order valence-electron chi connectivity index (χ4n) is 5.87. The van der Waals surface area contributed by atoms with Crippen molar-refractivity contribution in [3.63, 3.8) is 0 Å². The largest absolute Gasteiger partial charge is 0.467 e. The highest BCUT2D eigenvalue weighted by molar-refractivity contribution is 6.07.